The molecule has 0 saturated carbocycles. The van der Waals surface area contributed by atoms with Gasteiger partial charge in [-0.2, -0.15) is 18.2 Å². The maximum atomic E-state index is 9.12. The molecule has 1 aliphatic carbocycles. The molecule has 106 valence electrons. The Labute approximate surface area is 125 Å². The molecule has 5 N–H and O–H groups in total. The molecule has 0 amide bonds. The van der Waals surface area contributed by atoms with Crippen LogP contribution in [0.5, 0.6) is 0 Å². The monoisotopic (exact) mass is 301 g/mol. The number of allylic oxidation sites excluding steroid dienone is 5. The van der Waals surface area contributed by atoms with Crippen LogP contribution in [0.1, 0.15) is 19.3 Å². The second-order valence-electron chi connectivity index (χ2n) is 4.06. The van der Waals surface area contributed by atoms with E-state index in [2.05, 4.69) is 0 Å². The van der Waals surface area contributed by atoms with Crippen LogP contribution in [0, 0.1) is 0 Å². The first-order chi connectivity index (χ1) is 8.75. The Bertz CT molecular complexity index is 398. The predicted octanol–water partition coefficient (Wildman–Crippen LogP) is 2.74. The van der Waals surface area contributed by atoms with E-state index < -0.39 is 0 Å². The van der Waals surface area contributed by atoms with Crippen molar-refractivity contribution in [2.24, 2.45) is 11.5 Å². The molecule has 0 saturated heterocycles. The fourth-order valence-corrected chi connectivity index (χ4v) is 1.71. The van der Waals surface area contributed by atoms with Crippen LogP contribution in [0.2, 0.25) is 0 Å². The molecule has 1 aromatic carbocycles. The first kappa shape index (κ1) is 17.6. The number of aliphatic hydroxyl groups is 1. The average molecular weight is 301 g/mol. The number of unbranched alkanes of at least 4 members (excludes halogenated alkanes) is 1. The Balaban J connectivity index is 0.000000454. The number of hydrogen-bond donors (Lipinski definition) is 3. The Morgan fingerprint density at radius 2 is 1.89 bits per heavy atom. The van der Waals surface area contributed by atoms with Crippen LogP contribution < -0.4 is 11.5 Å². The Morgan fingerprint density at radius 1 is 1.21 bits per heavy atom. The van der Waals surface area contributed by atoms with Gasteiger partial charge < -0.3 is 16.6 Å². The predicted molar refractivity (Wildman–Crippen MR) is 76.0 cm³/mol. The molecule has 0 aromatic heterocycles. The van der Waals surface area contributed by atoms with Crippen molar-refractivity contribution in [2.45, 2.75) is 19.3 Å². The third-order valence-corrected chi connectivity index (χ3v) is 2.64. The largest absolute Gasteiger partial charge is 0.495 e. The van der Waals surface area contributed by atoms with E-state index in [1.54, 1.807) is 0 Å². The van der Waals surface area contributed by atoms with Crippen LogP contribution in [-0.2, 0) is 17.1 Å². The van der Waals surface area contributed by atoms with E-state index >= 15 is 0 Å². The third-order valence-electron chi connectivity index (χ3n) is 2.64. The first-order valence-corrected chi connectivity index (χ1v) is 6.18. The van der Waals surface area contributed by atoms with Crippen LogP contribution >= 0.6 is 0 Å². The van der Waals surface area contributed by atoms with Gasteiger partial charge in [0, 0.05) is 22.6 Å². The summed E-state index contributed by atoms with van der Waals surface area (Å²) in [7, 11) is 0. The van der Waals surface area contributed by atoms with E-state index in [1.807, 2.05) is 48.6 Å². The van der Waals surface area contributed by atoms with Gasteiger partial charge in [-0.25, -0.2) is 12.1 Å². The Kier molecular flexibility index (Phi) is 9.81. The summed E-state index contributed by atoms with van der Waals surface area (Å²) in [5, 5.41) is 9.12. The molecule has 19 heavy (non-hydrogen) atoms. The fraction of sp³-hybridized carbons (Fsp3) is 0.267. The van der Waals surface area contributed by atoms with E-state index in [0.717, 1.165) is 30.4 Å². The molecular weight excluding hydrogens is 280 g/mol. The van der Waals surface area contributed by atoms with Crippen molar-refractivity contribution in [1.29, 1.82) is 0 Å². The molecule has 0 bridgehead atoms. The minimum atomic E-state index is -0.0900. The maximum Gasteiger partial charge on any atom is 0.189 e. The van der Waals surface area contributed by atoms with Crippen LogP contribution in [-0.4, -0.2) is 11.7 Å². The molecule has 0 spiro atoms. The van der Waals surface area contributed by atoms with Crippen LogP contribution in [0.3, 0.4) is 0 Å². The van der Waals surface area contributed by atoms with Gasteiger partial charge >= 0.3 is 0 Å². The normalized spacial score (nSPS) is 15.1. The number of aliphatic hydroxyl groups excluding tert-OH is 1. The molecule has 2 rings (SSSR count). The number of rotatable bonds is 4. The van der Waals surface area contributed by atoms with Crippen LogP contribution in [0.4, 0.5) is 0 Å². The minimum absolute atomic E-state index is 0. The molecule has 1 aromatic rings. The van der Waals surface area contributed by atoms with Gasteiger partial charge in [-0.15, -0.1) is 0 Å². The van der Waals surface area contributed by atoms with Crippen molar-refractivity contribution >= 4 is 0 Å². The van der Waals surface area contributed by atoms with E-state index in [-0.39, 0.29) is 23.0 Å². The topological polar surface area (TPSA) is 72.3 Å². The summed E-state index contributed by atoms with van der Waals surface area (Å²) in [6, 6.07) is 10.0. The van der Waals surface area contributed by atoms with Gasteiger partial charge in [0.1, 0.15) is 0 Å². The minimum Gasteiger partial charge on any atom is -0.495 e. The fourth-order valence-electron chi connectivity index (χ4n) is 1.71. The van der Waals surface area contributed by atoms with E-state index in [4.69, 9.17) is 16.6 Å². The van der Waals surface area contributed by atoms with Crippen molar-refractivity contribution in [2.75, 3.05) is 6.54 Å². The number of hydrogen-bond acceptors (Lipinski definition) is 3. The van der Waals surface area contributed by atoms with Gasteiger partial charge in [0.05, 0.1) is 0 Å². The molecule has 0 aliphatic heterocycles. The molecule has 0 radical (unpaired) electrons. The van der Waals surface area contributed by atoms with Crippen molar-refractivity contribution in [3.63, 3.8) is 0 Å². The van der Waals surface area contributed by atoms with E-state index in [1.165, 1.54) is 0 Å². The third kappa shape index (κ3) is 6.97. The zero-order chi connectivity index (χ0) is 13.2. The molecule has 0 atom stereocenters. The molecule has 0 unspecified atom stereocenters. The standard InChI is InChI=1S/C10H16N2O.C5H5.Fe/c11-7-2-1-4-8-5-3-6-9(8)10(12)13;1-2-4-5-3-1;/h3,5-6,13H,1-2,4,7,11-12H2;1-5H;/q;-1;/b10-9-;;. The van der Waals surface area contributed by atoms with E-state index in [0.29, 0.717) is 6.54 Å². The summed E-state index contributed by atoms with van der Waals surface area (Å²) in [6.45, 7) is 0.717. The van der Waals surface area contributed by atoms with Crippen LogP contribution in [0.15, 0.2) is 65.6 Å². The zero-order valence-electron chi connectivity index (χ0n) is 10.9. The smallest absolute Gasteiger partial charge is 0.189 e. The summed E-state index contributed by atoms with van der Waals surface area (Å²) < 4.78 is 0. The summed E-state index contributed by atoms with van der Waals surface area (Å²) >= 11 is 0. The van der Waals surface area contributed by atoms with Gasteiger partial charge in [-0.05, 0) is 37.5 Å². The molecule has 3 nitrogen and oxygen atoms in total. The van der Waals surface area contributed by atoms with Gasteiger partial charge in [0.25, 0.3) is 0 Å². The molecule has 4 heteroatoms. The maximum absolute atomic E-state index is 9.12. The van der Waals surface area contributed by atoms with Crippen LogP contribution in [0.25, 0.3) is 0 Å². The SMILES string of the molecule is NCCCCC1=CC=C/C1=C(\N)O.[Fe].c1cc[cH-]c1. The summed E-state index contributed by atoms with van der Waals surface area (Å²) in [5.41, 5.74) is 12.6. The van der Waals surface area contributed by atoms with Gasteiger partial charge in [-0.3, -0.25) is 0 Å². The first-order valence-electron chi connectivity index (χ1n) is 6.18. The quantitative estimate of drug-likeness (QED) is 0.346. The Morgan fingerprint density at radius 3 is 2.37 bits per heavy atom. The molecule has 0 heterocycles. The van der Waals surface area contributed by atoms with E-state index in [9.17, 15) is 0 Å². The zero-order valence-corrected chi connectivity index (χ0v) is 12.0. The molecule has 1 aliphatic rings. The molecule has 0 fully saturated rings. The van der Waals surface area contributed by atoms with Crippen molar-refractivity contribution < 1.29 is 22.2 Å². The molecular formula is C15H21FeN2O-. The van der Waals surface area contributed by atoms with Crippen molar-refractivity contribution in [3.8, 4) is 0 Å². The Hall–Kier alpha value is -1.35. The van der Waals surface area contributed by atoms with Gasteiger partial charge in [0.2, 0.25) is 0 Å². The van der Waals surface area contributed by atoms with Gasteiger partial charge in [0.15, 0.2) is 5.88 Å². The van der Waals surface area contributed by atoms with Gasteiger partial charge in [-0.1, -0.05) is 12.2 Å². The van der Waals surface area contributed by atoms with Crippen molar-refractivity contribution in [3.05, 3.63) is 65.6 Å². The number of nitrogens with two attached hydrogens (primary N) is 2. The summed E-state index contributed by atoms with van der Waals surface area (Å²) in [6.07, 6.45) is 8.69. The summed E-state index contributed by atoms with van der Waals surface area (Å²) in [4.78, 5) is 0. The second-order valence-corrected chi connectivity index (χ2v) is 4.06. The average Bonchev–Trinajstić information content (AvgIpc) is 3.03. The van der Waals surface area contributed by atoms with Crippen molar-refractivity contribution in [1.82, 2.24) is 0 Å². The second kappa shape index (κ2) is 10.6. The summed E-state index contributed by atoms with van der Waals surface area (Å²) in [5.74, 6) is -0.0900.